The maximum Gasteiger partial charge on any atom is 0.416 e. The standard InChI is InChI=1S/C15H9F3N4O3S/c16-15(17,18)9-4-10-12(11(5-9)22(24)25)26-14(21-10)13(23)20-7-8-2-1-3-19-6-8/h1-6H,7H2,(H,20,23). The molecule has 1 aromatic carbocycles. The van der Waals surface area contributed by atoms with Crippen LogP contribution in [0.4, 0.5) is 18.9 Å². The molecule has 134 valence electrons. The van der Waals surface area contributed by atoms with E-state index in [1.165, 1.54) is 0 Å². The Hall–Kier alpha value is -3.08. The Balaban J connectivity index is 1.94. The summed E-state index contributed by atoms with van der Waals surface area (Å²) >= 11 is 0.667. The molecular weight excluding hydrogens is 373 g/mol. The van der Waals surface area contributed by atoms with E-state index in [-0.39, 0.29) is 21.8 Å². The van der Waals surface area contributed by atoms with Crippen molar-refractivity contribution in [3.05, 3.63) is 62.9 Å². The lowest BCUT2D eigenvalue weighted by molar-refractivity contribution is -0.383. The molecule has 0 aliphatic carbocycles. The minimum absolute atomic E-state index is 0.0884. The smallest absolute Gasteiger partial charge is 0.346 e. The van der Waals surface area contributed by atoms with Gasteiger partial charge in [0.05, 0.1) is 16.0 Å². The molecule has 0 radical (unpaired) electrons. The Morgan fingerprint density at radius 2 is 2.12 bits per heavy atom. The molecule has 1 N–H and O–H groups in total. The summed E-state index contributed by atoms with van der Waals surface area (Å²) in [6.07, 6.45) is -1.65. The Morgan fingerprint density at radius 3 is 2.73 bits per heavy atom. The third-order valence-electron chi connectivity index (χ3n) is 3.36. The summed E-state index contributed by atoms with van der Waals surface area (Å²) in [5.74, 6) is -0.641. The number of carbonyl (C=O) groups excluding carboxylic acids is 1. The quantitative estimate of drug-likeness (QED) is 0.550. The van der Waals surface area contributed by atoms with Crippen molar-refractivity contribution in [1.29, 1.82) is 0 Å². The Bertz CT molecular complexity index is 989. The first-order chi connectivity index (χ1) is 12.3. The summed E-state index contributed by atoms with van der Waals surface area (Å²) in [6.45, 7) is 0.137. The maximum absolute atomic E-state index is 12.9. The molecule has 11 heteroatoms. The number of nitrogens with zero attached hydrogens (tertiary/aromatic N) is 3. The molecule has 1 amide bonds. The number of carbonyl (C=O) groups is 1. The largest absolute Gasteiger partial charge is 0.416 e. The Kier molecular flexibility index (Phi) is 4.55. The lowest BCUT2D eigenvalue weighted by atomic mass is 10.2. The number of alkyl halides is 3. The van der Waals surface area contributed by atoms with Crippen LogP contribution in [0.5, 0.6) is 0 Å². The lowest BCUT2D eigenvalue weighted by Gasteiger charge is -2.05. The van der Waals surface area contributed by atoms with Gasteiger partial charge in [0.1, 0.15) is 4.70 Å². The summed E-state index contributed by atoms with van der Waals surface area (Å²) in [7, 11) is 0. The fraction of sp³-hybridized carbons (Fsp3) is 0.133. The number of benzene rings is 1. The predicted octanol–water partition coefficient (Wildman–Crippen LogP) is 3.55. The van der Waals surface area contributed by atoms with Crippen LogP contribution in [0.2, 0.25) is 0 Å². The van der Waals surface area contributed by atoms with Gasteiger partial charge >= 0.3 is 6.18 Å². The van der Waals surface area contributed by atoms with Gasteiger partial charge in [-0.25, -0.2) is 4.98 Å². The number of rotatable bonds is 4. The van der Waals surface area contributed by atoms with Gasteiger partial charge in [-0.1, -0.05) is 6.07 Å². The second kappa shape index (κ2) is 6.67. The zero-order valence-corrected chi connectivity index (χ0v) is 13.6. The number of hydrogen-bond donors (Lipinski definition) is 1. The van der Waals surface area contributed by atoms with Gasteiger partial charge in [0, 0.05) is 25.0 Å². The molecule has 0 unspecified atom stereocenters. The number of halogens is 3. The first-order valence-corrected chi connectivity index (χ1v) is 7.90. The zero-order chi connectivity index (χ0) is 18.9. The van der Waals surface area contributed by atoms with E-state index >= 15 is 0 Å². The highest BCUT2D eigenvalue weighted by molar-refractivity contribution is 7.20. The van der Waals surface area contributed by atoms with Crippen LogP contribution in [0, 0.1) is 10.1 Å². The number of aromatic nitrogens is 2. The molecule has 2 heterocycles. The van der Waals surface area contributed by atoms with Crippen molar-refractivity contribution >= 4 is 33.1 Å². The summed E-state index contributed by atoms with van der Waals surface area (Å²) < 4.78 is 38.6. The van der Waals surface area contributed by atoms with Crippen LogP contribution < -0.4 is 5.32 Å². The van der Waals surface area contributed by atoms with Crippen molar-refractivity contribution in [3.8, 4) is 0 Å². The fourth-order valence-electron chi connectivity index (χ4n) is 2.17. The van der Waals surface area contributed by atoms with Crippen LogP contribution in [0.3, 0.4) is 0 Å². The fourth-order valence-corrected chi connectivity index (χ4v) is 3.12. The molecule has 0 fully saturated rings. The topological polar surface area (TPSA) is 98.0 Å². The molecule has 0 bridgehead atoms. The number of hydrogen-bond acceptors (Lipinski definition) is 6. The van der Waals surface area contributed by atoms with Gasteiger partial charge in [-0.3, -0.25) is 19.9 Å². The molecule has 0 atom stereocenters. The summed E-state index contributed by atoms with van der Waals surface area (Å²) in [5.41, 5.74) is -1.46. The normalized spacial score (nSPS) is 11.5. The second-order valence-corrected chi connectivity index (χ2v) is 6.16. The average molecular weight is 382 g/mol. The first kappa shape index (κ1) is 17.7. The molecule has 0 saturated heterocycles. The van der Waals surface area contributed by atoms with Crippen LogP contribution in [0.1, 0.15) is 20.9 Å². The van der Waals surface area contributed by atoms with Crippen LogP contribution >= 0.6 is 11.3 Å². The number of nitrogens with one attached hydrogen (secondary N) is 1. The summed E-state index contributed by atoms with van der Waals surface area (Å²) in [5, 5.41) is 13.5. The van der Waals surface area contributed by atoms with Crippen molar-refractivity contribution in [3.63, 3.8) is 0 Å². The van der Waals surface area contributed by atoms with Gasteiger partial charge in [0.25, 0.3) is 11.6 Å². The van der Waals surface area contributed by atoms with Gasteiger partial charge in [-0.15, -0.1) is 11.3 Å². The number of nitro benzene ring substituents is 1. The van der Waals surface area contributed by atoms with Gasteiger partial charge in [-0.05, 0) is 17.7 Å². The molecule has 0 saturated carbocycles. The van der Waals surface area contributed by atoms with Crippen molar-refractivity contribution in [2.24, 2.45) is 0 Å². The highest BCUT2D eigenvalue weighted by atomic mass is 32.1. The van der Waals surface area contributed by atoms with Crippen LogP contribution in [-0.2, 0) is 12.7 Å². The number of pyridine rings is 1. The molecule has 3 aromatic rings. The summed E-state index contributed by atoms with van der Waals surface area (Å²) in [6, 6.07) is 4.54. The molecular formula is C15H9F3N4O3S. The van der Waals surface area contributed by atoms with E-state index in [1.54, 1.807) is 24.5 Å². The maximum atomic E-state index is 12.9. The van der Waals surface area contributed by atoms with E-state index in [4.69, 9.17) is 0 Å². The Morgan fingerprint density at radius 1 is 1.35 bits per heavy atom. The van der Waals surface area contributed by atoms with E-state index in [2.05, 4.69) is 15.3 Å². The molecule has 0 aliphatic rings. The number of non-ortho nitro benzene ring substituents is 1. The predicted molar refractivity (Wildman–Crippen MR) is 86.7 cm³/mol. The van der Waals surface area contributed by atoms with E-state index in [0.29, 0.717) is 29.0 Å². The van der Waals surface area contributed by atoms with E-state index in [9.17, 15) is 28.1 Å². The van der Waals surface area contributed by atoms with Crippen molar-refractivity contribution in [1.82, 2.24) is 15.3 Å². The molecule has 2 aromatic heterocycles. The van der Waals surface area contributed by atoms with Crippen molar-refractivity contribution in [2.75, 3.05) is 0 Å². The minimum Gasteiger partial charge on any atom is -0.346 e. The average Bonchev–Trinajstić information content (AvgIpc) is 3.03. The van der Waals surface area contributed by atoms with Gasteiger partial charge in [0.2, 0.25) is 0 Å². The molecule has 26 heavy (non-hydrogen) atoms. The highest BCUT2D eigenvalue weighted by Crippen LogP contribution is 2.38. The van der Waals surface area contributed by atoms with Gasteiger partial charge < -0.3 is 5.32 Å². The van der Waals surface area contributed by atoms with Gasteiger partial charge in [0.15, 0.2) is 5.01 Å². The Labute approximate surface area is 147 Å². The molecule has 0 spiro atoms. The molecule has 0 aliphatic heterocycles. The minimum atomic E-state index is -4.76. The third-order valence-corrected chi connectivity index (χ3v) is 4.46. The molecule has 3 rings (SSSR count). The second-order valence-electron chi connectivity index (χ2n) is 5.16. The number of nitro groups is 1. The van der Waals surface area contributed by atoms with Crippen molar-refractivity contribution < 1.29 is 22.9 Å². The van der Waals surface area contributed by atoms with Gasteiger partial charge in [-0.2, -0.15) is 13.2 Å². The van der Waals surface area contributed by atoms with E-state index in [1.807, 2.05) is 0 Å². The van der Waals surface area contributed by atoms with Crippen molar-refractivity contribution in [2.45, 2.75) is 12.7 Å². The van der Waals surface area contributed by atoms with E-state index in [0.717, 1.165) is 0 Å². The number of fused-ring (bicyclic) bond motifs is 1. The van der Waals surface area contributed by atoms with E-state index < -0.39 is 28.3 Å². The number of amides is 1. The zero-order valence-electron chi connectivity index (χ0n) is 12.8. The van der Waals surface area contributed by atoms with Crippen LogP contribution in [-0.4, -0.2) is 20.8 Å². The van der Waals surface area contributed by atoms with Crippen LogP contribution in [0.25, 0.3) is 10.2 Å². The summed E-state index contributed by atoms with van der Waals surface area (Å²) in [4.78, 5) is 30.1. The van der Waals surface area contributed by atoms with Crippen LogP contribution in [0.15, 0.2) is 36.7 Å². The molecule has 7 nitrogen and oxygen atoms in total. The highest BCUT2D eigenvalue weighted by Gasteiger charge is 2.34. The monoisotopic (exact) mass is 382 g/mol. The number of thiazole rings is 1. The first-order valence-electron chi connectivity index (χ1n) is 7.09. The lowest BCUT2D eigenvalue weighted by Crippen LogP contribution is -2.22. The third kappa shape index (κ3) is 3.61. The SMILES string of the molecule is O=C(NCc1cccnc1)c1nc2cc(C(F)(F)F)cc([N+](=O)[O-])c2s1.